The van der Waals surface area contributed by atoms with Crippen molar-refractivity contribution in [2.24, 2.45) is 0 Å². The Kier molecular flexibility index (Phi) is 6.09. The molecule has 0 fully saturated rings. The summed E-state index contributed by atoms with van der Waals surface area (Å²) in [5.41, 5.74) is 4.32. The summed E-state index contributed by atoms with van der Waals surface area (Å²) >= 11 is 6.13. The Morgan fingerprint density at radius 1 is 1.06 bits per heavy atom. The number of aromatic nitrogens is 2. The van der Waals surface area contributed by atoms with E-state index in [1.54, 1.807) is 37.3 Å². The number of aryl methyl sites for hydroxylation is 1. The zero-order valence-corrected chi connectivity index (χ0v) is 19.9. The van der Waals surface area contributed by atoms with Gasteiger partial charge in [0.25, 0.3) is 5.89 Å². The van der Waals surface area contributed by atoms with E-state index in [4.69, 9.17) is 16.1 Å². The lowest BCUT2D eigenvalue weighted by molar-refractivity contribution is 0.202. The van der Waals surface area contributed by atoms with E-state index in [1.807, 2.05) is 43.3 Å². The summed E-state index contributed by atoms with van der Waals surface area (Å²) in [5, 5.41) is 7.75. The van der Waals surface area contributed by atoms with E-state index >= 15 is 0 Å². The van der Waals surface area contributed by atoms with Gasteiger partial charge in [0, 0.05) is 21.8 Å². The highest BCUT2D eigenvalue weighted by molar-refractivity contribution is 6.30. The van der Waals surface area contributed by atoms with Crippen molar-refractivity contribution in [2.45, 2.75) is 26.4 Å². The van der Waals surface area contributed by atoms with Crippen LogP contribution in [-0.2, 0) is 6.54 Å². The predicted octanol–water partition coefficient (Wildman–Crippen LogP) is 6.54. The van der Waals surface area contributed by atoms with Crippen molar-refractivity contribution < 1.29 is 13.7 Å². The highest BCUT2D eigenvalue weighted by Crippen LogP contribution is 2.38. The number of nitrogens with one attached hydrogen (secondary N) is 1. The number of carbonyl (C=O) groups excluding carboxylic acids is 1. The summed E-state index contributed by atoms with van der Waals surface area (Å²) < 4.78 is 20.1. The minimum Gasteiger partial charge on any atom is -0.334 e. The molecule has 6 nitrogen and oxygen atoms in total. The molecule has 5 rings (SSSR count). The van der Waals surface area contributed by atoms with Gasteiger partial charge in [-0.2, -0.15) is 4.98 Å². The molecule has 1 atom stereocenters. The fourth-order valence-electron chi connectivity index (χ4n) is 4.13. The number of halogens is 2. The molecule has 0 radical (unpaired) electrons. The molecule has 4 aromatic rings. The largest absolute Gasteiger partial charge is 0.334 e. The Balaban J connectivity index is 1.61. The van der Waals surface area contributed by atoms with Crippen LogP contribution in [0.15, 0.2) is 83.0 Å². The normalized spacial score (nSPS) is 15.9. The smallest absolute Gasteiger partial charge is 0.322 e. The Morgan fingerprint density at radius 2 is 1.83 bits per heavy atom. The summed E-state index contributed by atoms with van der Waals surface area (Å²) in [6, 6.07) is 20.6. The third-order valence-electron chi connectivity index (χ3n) is 6.03. The van der Waals surface area contributed by atoms with Crippen molar-refractivity contribution in [1.29, 1.82) is 0 Å². The molecule has 3 aromatic carbocycles. The van der Waals surface area contributed by atoms with Crippen LogP contribution in [0, 0.1) is 12.7 Å². The molecule has 0 spiro atoms. The Morgan fingerprint density at radius 3 is 2.57 bits per heavy atom. The third-order valence-corrected chi connectivity index (χ3v) is 6.27. The lowest BCUT2D eigenvalue weighted by atomic mass is 9.94. The summed E-state index contributed by atoms with van der Waals surface area (Å²) in [6.07, 6.45) is 0. The Hall–Kier alpha value is -3.97. The van der Waals surface area contributed by atoms with Crippen molar-refractivity contribution >= 4 is 23.2 Å². The minimum atomic E-state index is -0.521. The van der Waals surface area contributed by atoms with Crippen LogP contribution in [0.25, 0.3) is 17.0 Å². The molecule has 1 aromatic heterocycles. The second-order valence-electron chi connectivity index (χ2n) is 8.40. The number of rotatable bonds is 5. The Bertz CT molecular complexity index is 1430. The lowest BCUT2D eigenvalue weighted by Gasteiger charge is -2.35. The highest BCUT2D eigenvalue weighted by atomic mass is 35.5. The summed E-state index contributed by atoms with van der Waals surface area (Å²) in [5.74, 6) is 0.265. The van der Waals surface area contributed by atoms with Gasteiger partial charge < -0.3 is 9.84 Å². The maximum Gasteiger partial charge on any atom is 0.322 e. The monoisotopic (exact) mass is 488 g/mol. The van der Waals surface area contributed by atoms with Crippen LogP contribution in [0.2, 0.25) is 5.02 Å². The van der Waals surface area contributed by atoms with Gasteiger partial charge >= 0.3 is 6.03 Å². The van der Waals surface area contributed by atoms with Gasteiger partial charge in [0.05, 0.1) is 18.2 Å². The van der Waals surface area contributed by atoms with Gasteiger partial charge in [-0.3, -0.25) is 4.90 Å². The number of nitrogens with zero attached hydrogens (tertiary/aromatic N) is 3. The van der Waals surface area contributed by atoms with Gasteiger partial charge in [-0.1, -0.05) is 76.9 Å². The number of amides is 2. The minimum absolute atomic E-state index is 0.0593. The van der Waals surface area contributed by atoms with Crippen LogP contribution >= 0.6 is 11.6 Å². The fraction of sp³-hybridized carbons (Fsp3) is 0.148. The molecule has 2 amide bonds. The molecule has 8 heteroatoms. The molecular weight excluding hydrogens is 467 g/mol. The molecule has 1 N–H and O–H groups in total. The van der Waals surface area contributed by atoms with Crippen molar-refractivity contribution in [2.75, 3.05) is 0 Å². The molecule has 0 bridgehead atoms. The SMILES string of the molecule is CC1=C(c2nc(-c3cccc(Cl)c3)no2)C(c2ccc(C)cc2)NC(=O)N1Cc1ccccc1F. The van der Waals surface area contributed by atoms with Crippen LogP contribution in [0.5, 0.6) is 0 Å². The third kappa shape index (κ3) is 4.55. The molecule has 2 heterocycles. The molecule has 35 heavy (non-hydrogen) atoms. The number of hydrogen-bond acceptors (Lipinski definition) is 4. The van der Waals surface area contributed by atoms with Crippen LogP contribution in [0.1, 0.15) is 35.5 Å². The second kappa shape index (κ2) is 9.35. The van der Waals surface area contributed by atoms with E-state index in [-0.39, 0.29) is 24.3 Å². The lowest BCUT2D eigenvalue weighted by Crippen LogP contribution is -2.45. The van der Waals surface area contributed by atoms with Crippen molar-refractivity contribution in [3.05, 3.63) is 112 Å². The van der Waals surface area contributed by atoms with Gasteiger partial charge in [-0.25, -0.2) is 9.18 Å². The van der Waals surface area contributed by atoms with E-state index in [9.17, 15) is 9.18 Å². The first-order valence-corrected chi connectivity index (χ1v) is 11.5. The topological polar surface area (TPSA) is 71.3 Å². The number of carbonyl (C=O) groups is 1. The number of urea groups is 1. The van der Waals surface area contributed by atoms with E-state index in [1.165, 1.54) is 11.0 Å². The van der Waals surface area contributed by atoms with Crippen molar-refractivity contribution in [3.8, 4) is 11.4 Å². The van der Waals surface area contributed by atoms with E-state index in [0.717, 1.165) is 11.1 Å². The molecule has 1 unspecified atom stereocenters. The second-order valence-corrected chi connectivity index (χ2v) is 8.84. The van der Waals surface area contributed by atoms with Gasteiger partial charge in [0.2, 0.25) is 5.82 Å². The van der Waals surface area contributed by atoms with E-state index < -0.39 is 6.04 Å². The molecule has 1 aliphatic rings. The molecule has 0 aliphatic carbocycles. The molecule has 1 aliphatic heterocycles. The zero-order chi connectivity index (χ0) is 24.5. The van der Waals surface area contributed by atoms with Gasteiger partial charge in [-0.15, -0.1) is 0 Å². The van der Waals surface area contributed by atoms with E-state index in [2.05, 4.69) is 15.5 Å². The van der Waals surface area contributed by atoms with Crippen molar-refractivity contribution in [3.63, 3.8) is 0 Å². The summed E-state index contributed by atoms with van der Waals surface area (Å²) in [4.78, 5) is 19.3. The molecule has 0 saturated heterocycles. The number of allylic oxidation sites excluding steroid dienone is 1. The zero-order valence-electron chi connectivity index (χ0n) is 19.1. The Labute approximate surface area is 207 Å². The van der Waals surface area contributed by atoms with Crippen molar-refractivity contribution in [1.82, 2.24) is 20.4 Å². The number of hydrogen-bond donors (Lipinski definition) is 1. The highest BCUT2D eigenvalue weighted by Gasteiger charge is 2.36. The first-order valence-electron chi connectivity index (χ1n) is 11.1. The van der Waals surface area contributed by atoms with Crippen LogP contribution < -0.4 is 5.32 Å². The van der Waals surface area contributed by atoms with E-state index in [0.29, 0.717) is 33.2 Å². The summed E-state index contributed by atoms with van der Waals surface area (Å²) in [6.45, 7) is 3.86. The molecule has 176 valence electrons. The average Bonchev–Trinajstić information content (AvgIpc) is 3.33. The first-order chi connectivity index (χ1) is 16.9. The van der Waals surface area contributed by atoms with Crippen LogP contribution in [0.4, 0.5) is 9.18 Å². The summed E-state index contributed by atoms with van der Waals surface area (Å²) in [7, 11) is 0. The molecular formula is C27H22ClFN4O2. The van der Waals surface area contributed by atoms with Crippen LogP contribution in [-0.4, -0.2) is 21.1 Å². The average molecular weight is 489 g/mol. The maximum absolute atomic E-state index is 14.4. The number of benzene rings is 3. The first kappa shape index (κ1) is 22.8. The van der Waals surface area contributed by atoms with Gasteiger partial charge in [0.1, 0.15) is 5.82 Å². The quantitative estimate of drug-likeness (QED) is 0.346. The predicted molar refractivity (Wildman–Crippen MR) is 132 cm³/mol. The van der Waals surface area contributed by atoms with Gasteiger partial charge in [0.15, 0.2) is 0 Å². The standard InChI is InChI=1S/C27H22ClFN4O2/c1-16-10-12-18(13-11-16)24-23(26-31-25(32-35-26)19-7-5-8-21(28)14-19)17(2)33(27(34)30-24)15-20-6-3-4-9-22(20)29/h3-14,24H,15H2,1-2H3,(H,30,34). The van der Waals surface area contributed by atoms with Crippen LogP contribution in [0.3, 0.4) is 0 Å². The van der Waals surface area contributed by atoms with Gasteiger partial charge in [-0.05, 0) is 37.6 Å². The molecule has 0 saturated carbocycles. The fourth-order valence-corrected chi connectivity index (χ4v) is 4.32. The maximum atomic E-state index is 14.4.